The van der Waals surface area contributed by atoms with Crippen molar-refractivity contribution in [1.82, 2.24) is 15.5 Å². The van der Waals surface area contributed by atoms with Gasteiger partial charge in [0.25, 0.3) is 5.91 Å². The van der Waals surface area contributed by atoms with E-state index in [1.807, 2.05) is 31.2 Å². The van der Waals surface area contributed by atoms with Gasteiger partial charge in [-0.3, -0.25) is 9.59 Å². The Morgan fingerprint density at radius 2 is 1.66 bits per heavy atom. The predicted octanol–water partition coefficient (Wildman–Crippen LogP) is 2.81. The summed E-state index contributed by atoms with van der Waals surface area (Å²) < 4.78 is 10.2. The van der Waals surface area contributed by atoms with Crippen LogP contribution in [0.4, 0.5) is 10.5 Å². The molecule has 1 aliphatic heterocycles. The van der Waals surface area contributed by atoms with Crippen LogP contribution in [-0.2, 0) is 9.53 Å². The van der Waals surface area contributed by atoms with Crippen LogP contribution in [0.5, 0.6) is 5.75 Å². The first-order valence-corrected chi connectivity index (χ1v) is 11.8. The number of nitrogens with zero attached hydrogens (tertiary/aromatic N) is 1. The molecule has 0 unspecified atom stereocenters. The number of rotatable bonds is 9. The molecule has 0 aliphatic carbocycles. The number of hydrogen-bond acceptors (Lipinski definition) is 5. The lowest BCUT2D eigenvalue weighted by Crippen LogP contribution is -2.54. The van der Waals surface area contributed by atoms with Crippen LogP contribution in [0, 0.1) is 12.8 Å². The molecular formula is C26H34N4O5. The van der Waals surface area contributed by atoms with Crippen LogP contribution in [0.3, 0.4) is 0 Å². The number of carbonyl (C=O) groups excluding carboxylic acids is 3. The SMILES string of the molecule is COCCNC(=O)[C@H](NC(=O)c1ccc(OC)cc1)C1CCN(C(=O)Nc2ccc(C)cc2)CC1. The monoisotopic (exact) mass is 482 g/mol. The average molecular weight is 483 g/mol. The fourth-order valence-corrected chi connectivity index (χ4v) is 4.03. The van der Waals surface area contributed by atoms with Crippen LogP contribution in [-0.4, -0.2) is 69.2 Å². The number of piperidine rings is 1. The van der Waals surface area contributed by atoms with E-state index in [1.165, 1.54) is 0 Å². The Balaban J connectivity index is 1.62. The molecule has 3 rings (SSSR count). The summed E-state index contributed by atoms with van der Waals surface area (Å²) in [5.41, 5.74) is 2.30. The number of aryl methyl sites for hydroxylation is 1. The van der Waals surface area contributed by atoms with E-state index in [0.717, 1.165) is 11.3 Å². The number of benzene rings is 2. The average Bonchev–Trinajstić information content (AvgIpc) is 2.88. The molecule has 1 heterocycles. The Kier molecular flexibility index (Phi) is 9.48. The first kappa shape index (κ1) is 26.0. The largest absolute Gasteiger partial charge is 0.497 e. The minimum atomic E-state index is -0.719. The normalized spacial score (nSPS) is 14.7. The fraction of sp³-hybridized carbons (Fsp3) is 0.423. The zero-order valence-electron chi connectivity index (χ0n) is 20.5. The summed E-state index contributed by atoms with van der Waals surface area (Å²) in [7, 11) is 3.12. The van der Waals surface area contributed by atoms with Gasteiger partial charge in [0.05, 0.1) is 13.7 Å². The highest BCUT2D eigenvalue weighted by atomic mass is 16.5. The Morgan fingerprint density at radius 1 is 1.00 bits per heavy atom. The maximum absolute atomic E-state index is 13.0. The fourth-order valence-electron chi connectivity index (χ4n) is 4.03. The van der Waals surface area contributed by atoms with Crippen molar-refractivity contribution >= 4 is 23.5 Å². The standard InChI is InChI=1S/C26H34N4O5/c1-18-4-8-21(9-5-18)28-26(33)30-15-12-19(13-16-30)23(25(32)27-14-17-34-2)29-24(31)20-6-10-22(35-3)11-7-20/h4-11,19,23H,12-17H2,1-3H3,(H,27,32)(H,28,33)(H,29,31)/t23-/m1/s1. The van der Waals surface area contributed by atoms with Crippen LogP contribution in [0.25, 0.3) is 0 Å². The number of likely N-dealkylation sites (tertiary alicyclic amines) is 1. The van der Waals surface area contributed by atoms with Gasteiger partial charge in [-0.1, -0.05) is 17.7 Å². The highest BCUT2D eigenvalue weighted by Gasteiger charge is 2.34. The number of methoxy groups -OCH3 is 2. The van der Waals surface area contributed by atoms with Crippen molar-refractivity contribution in [3.8, 4) is 5.75 Å². The van der Waals surface area contributed by atoms with Gasteiger partial charge in [-0.25, -0.2) is 4.79 Å². The van der Waals surface area contributed by atoms with E-state index in [9.17, 15) is 14.4 Å². The van der Waals surface area contributed by atoms with Crippen LogP contribution in [0.15, 0.2) is 48.5 Å². The summed E-state index contributed by atoms with van der Waals surface area (Å²) in [6, 6.07) is 13.5. The van der Waals surface area contributed by atoms with E-state index in [1.54, 1.807) is 43.4 Å². The molecule has 1 saturated heterocycles. The lowest BCUT2D eigenvalue weighted by Gasteiger charge is -2.35. The molecule has 1 atom stereocenters. The number of ether oxygens (including phenoxy) is 2. The maximum atomic E-state index is 13.0. The minimum Gasteiger partial charge on any atom is -0.497 e. The number of carbonyl (C=O) groups is 3. The van der Waals surface area contributed by atoms with Crippen molar-refractivity contribution in [1.29, 1.82) is 0 Å². The van der Waals surface area contributed by atoms with E-state index >= 15 is 0 Å². The highest BCUT2D eigenvalue weighted by Crippen LogP contribution is 2.23. The van der Waals surface area contributed by atoms with Crippen molar-refractivity contribution in [2.75, 3.05) is 45.8 Å². The summed E-state index contributed by atoms with van der Waals surface area (Å²) in [6.07, 6.45) is 1.18. The Labute approximate surface area is 206 Å². The molecule has 0 saturated carbocycles. The van der Waals surface area contributed by atoms with Gasteiger partial charge < -0.3 is 30.3 Å². The van der Waals surface area contributed by atoms with Crippen LogP contribution in [0.2, 0.25) is 0 Å². The van der Waals surface area contributed by atoms with Crippen molar-refractivity contribution in [3.63, 3.8) is 0 Å². The van der Waals surface area contributed by atoms with Gasteiger partial charge >= 0.3 is 6.03 Å². The second kappa shape index (κ2) is 12.8. The first-order valence-electron chi connectivity index (χ1n) is 11.8. The molecule has 1 aliphatic rings. The lowest BCUT2D eigenvalue weighted by molar-refractivity contribution is -0.124. The molecule has 0 radical (unpaired) electrons. The van der Waals surface area contributed by atoms with Crippen molar-refractivity contribution in [3.05, 3.63) is 59.7 Å². The molecule has 0 aromatic heterocycles. The molecule has 188 valence electrons. The quantitative estimate of drug-likeness (QED) is 0.476. The summed E-state index contributed by atoms with van der Waals surface area (Å²) >= 11 is 0. The molecule has 3 N–H and O–H groups in total. The van der Waals surface area contributed by atoms with Crippen molar-refractivity contribution < 1.29 is 23.9 Å². The lowest BCUT2D eigenvalue weighted by atomic mass is 9.88. The minimum absolute atomic E-state index is 0.108. The van der Waals surface area contributed by atoms with Crippen molar-refractivity contribution in [2.45, 2.75) is 25.8 Å². The van der Waals surface area contributed by atoms with Crippen LogP contribution < -0.4 is 20.7 Å². The third-order valence-corrected chi connectivity index (χ3v) is 6.13. The maximum Gasteiger partial charge on any atom is 0.321 e. The van der Waals surface area contributed by atoms with E-state index in [0.29, 0.717) is 50.4 Å². The third-order valence-electron chi connectivity index (χ3n) is 6.13. The zero-order valence-corrected chi connectivity index (χ0v) is 20.5. The third kappa shape index (κ3) is 7.45. The van der Waals surface area contributed by atoms with Crippen LogP contribution in [0.1, 0.15) is 28.8 Å². The predicted molar refractivity (Wildman–Crippen MR) is 134 cm³/mol. The molecule has 9 nitrogen and oxygen atoms in total. The van der Waals surface area contributed by atoms with Gasteiger partial charge in [-0.05, 0) is 62.1 Å². The van der Waals surface area contributed by atoms with E-state index in [4.69, 9.17) is 9.47 Å². The first-order chi connectivity index (χ1) is 16.9. The van der Waals surface area contributed by atoms with E-state index < -0.39 is 6.04 Å². The number of nitrogens with one attached hydrogen (secondary N) is 3. The molecule has 9 heteroatoms. The van der Waals surface area contributed by atoms with Crippen molar-refractivity contribution in [2.24, 2.45) is 5.92 Å². The van der Waals surface area contributed by atoms with Gasteiger partial charge in [0.1, 0.15) is 11.8 Å². The molecule has 2 aromatic rings. The summed E-state index contributed by atoms with van der Waals surface area (Å²) in [6.45, 7) is 3.70. The number of anilines is 1. The summed E-state index contributed by atoms with van der Waals surface area (Å²) in [4.78, 5) is 40.3. The second-order valence-corrected chi connectivity index (χ2v) is 8.58. The molecule has 0 bridgehead atoms. The number of amides is 4. The van der Waals surface area contributed by atoms with Crippen LogP contribution >= 0.6 is 0 Å². The number of urea groups is 1. The van der Waals surface area contributed by atoms with Gasteiger partial charge in [-0.2, -0.15) is 0 Å². The summed E-state index contributed by atoms with van der Waals surface area (Å²) in [5, 5.41) is 8.66. The molecule has 0 spiro atoms. The molecule has 35 heavy (non-hydrogen) atoms. The van der Waals surface area contributed by atoms with Gasteiger partial charge in [0.2, 0.25) is 5.91 Å². The topological polar surface area (TPSA) is 109 Å². The zero-order chi connectivity index (χ0) is 25.2. The second-order valence-electron chi connectivity index (χ2n) is 8.58. The van der Waals surface area contributed by atoms with E-state index in [-0.39, 0.29) is 23.8 Å². The molecule has 1 fully saturated rings. The number of hydrogen-bond donors (Lipinski definition) is 3. The van der Waals surface area contributed by atoms with Gasteiger partial charge in [-0.15, -0.1) is 0 Å². The molecule has 2 aromatic carbocycles. The molecule has 4 amide bonds. The van der Waals surface area contributed by atoms with E-state index in [2.05, 4.69) is 16.0 Å². The highest BCUT2D eigenvalue weighted by molar-refractivity contribution is 5.97. The van der Waals surface area contributed by atoms with Gasteiger partial charge in [0.15, 0.2) is 0 Å². The Bertz CT molecular complexity index is 986. The van der Waals surface area contributed by atoms with Gasteiger partial charge in [0, 0.05) is 38.0 Å². The summed E-state index contributed by atoms with van der Waals surface area (Å²) in [5.74, 6) is -0.0552. The smallest absolute Gasteiger partial charge is 0.321 e. The molecular weight excluding hydrogens is 448 g/mol. The Hall–Kier alpha value is -3.59. The Morgan fingerprint density at radius 3 is 2.26 bits per heavy atom.